The number of nitrogens with one attached hydrogen (secondary N) is 1. The molecule has 0 spiro atoms. The van der Waals surface area contributed by atoms with E-state index in [1.165, 1.54) is 11.6 Å². The Kier molecular flexibility index (Phi) is 2.08. The van der Waals surface area contributed by atoms with Crippen LogP contribution in [0.5, 0.6) is 0 Å². The van der Waals surface area contributed by atoms with E-state index in [1.54, 1.807) is 6.07 Å². The molecule has 1 aliphatic rings. The molecule has 13 heavy (non-hydrogen) atoms. The molecule has 0 aliphatic carbocycles. The lowest BCUT2D eigenvalue weighted by Crippen LogP contribution is -2.30. The molecule has 1 aromatic rings. The topological polar surface area (TPSA) is 12.0 Å². The molecule has 0 aromatic heterocycles. The molecule has 0 amide bonds. The maximum absolute atomic E-state index is 13.0. The highest BCUT2D eigenvalue weighted by Gasteiger charge is 2.21. The van der Waals surface area contributed by atoms with Crippen molar-refractivity contribution in [2.24, 2.45) is 0 Å². The third-order valence-electron chi connectivity index (χ3n) is 2.78. The molecule has 0 saturated carbocycles. The monoisotopic (exact) mass is 179 g/mol. The van der Waals surface area contributed by atoms with Crippen LogP contribution in [0.2, 0.25) is 0 Å². The van der Waals surface area contributed by atoms with Gasteiger partial charge in [0.05, 0.1) is 0 Å². The molecule has 1 aliphatic heterocycles. The lowest BCUT2D eigenvalue weighted by molar-refractivity contribution is 0.490. The zero-order chi connectivity index (χ0) is 9.42. The van der Waals surface area contributed by atoms with Crippen molar-refractivity contribution in [3.05, 3.63) is 35.1 Å². The summed E-state index contributed by atoms with van der Waals surface area (Å²) in [6.45, 7) is 5.18. The van der Waals surface area contributed by atoms with Crippen molar-refractivity contribution in [2.45, 2.75) is 25.8 Å². The average Bonchev–Trinajstić information content (AvgIpc) is 2.12. The highest BCUT2D eigenvalue weighted by molar-refractivity contribution is 5.35. The van der Waals surface area contributed by atoms with Gasteiger partial charge in [0, 0.05) is 12.6 Å². The first-order chi connectivity index (χ1) is 6.18. The second-order valence-corrected chi connectivity index (χ2v) is 3.80. The lowest BCUT2D eigenvalue weighted by atomic mass is 9.88. The minimum absolute atomic E-state index is 0.125. The fraction of sp³-hybridized carbons (Fsp3) is 0.455. The molecule has 1 aromatic carbocycles. The van der Waals surface area contributed by atoms with Gasteiger partial charge in [0.15, 0.2) is 0 Å². The number of fused-ring (bicyclic) bond motifs is 1. The predicted octanol–water partition coefficient (Wildman–Crippen LogP) is 2.59. The Labute approximate surface area is 78.0 Å². The average molecular weight is 179 g/mol. The number of rotatable bonds is 0. The van der Waals surface area contributed by atoms with Crippen LogP contribution >= 0.6 is 0 Å². The molecule has 0 radical (unpaired) electrons. The highest BCUT2D eigenvalue weighted by Crippen LogP contribution is 2.29. The van der Waals surface area contributed by atoms with Gasteiger partial charge in [0.2, 0.25) is 0 Å². The summed E-state index contributed by atoms with van der Waals surface area (Å²) in [5.74, 6) is 0.293. The number of hydrogen-bond acceptors (Lipinski definition) is 1. The molecule has 0 bridgehead atoms. The highest BCUT2D eigenvalue weighted by atomic mass is 19.1. The Morgan fingerprint density at radius 3 is 2.85 bits per heavy atom. The summed E-state index contributed by atoms with van der Waals surface area (Å²) in [5, 5.41) is 3.38. The van der Waals surface area contributed by atoms with Crippen LogP contribution in [0.25, 0.3) is 0 Å². The van der Waals surface area contributed by atoms with E-state index in [0.717, 1.165) is 12.1 Å². The van der Waals surface area contributed by atoms with E-state index < -0.39 is 0 Å². The van der Waals surface area contributed by atoms with Crippen LogP contribution in [0.4, 0.5) is 4.39 Å². The van der Waals surface area contributed by atoms with Gasteiger partial charge in [-0.15, -0.1) is 0 Å². The van der Waals surface area contributed by atoms with Gasteiger partial charge in [-0.05, 0) is 36.1 Å². The van der Waals surface area contributed by atoms with Crippen molar-refractivity contribution in [3.63, 3.8) is 0 Å². The summed E-state index contributed by atoms with van der Waals surface area (Å²) in [6.07, 6.45) is 0. The molecule has 0 saturated heterocycles. The van der Waals surface area contributed by atoms with Gasteiger partial charge in [-0.3, -0.25) is 0 Å². The number of hydrogen-bond donors (Lipinski definition) is 1. The molecule has 2 heteroatoms. The van der Waals surface area contributed by atoms with Crippen LogP contribution < -0.4 is 5.32 Å². The van der Waals surface area contributed by atoms with Gasteiger partial charge < -0.3 is 5.32 Å². The summed E-state index contributed by atoms with van der Waals surface area (Å²) in [5.41, 5.74) is 2.39. The van der Waals surface area contributed by atoms with Gasteiger partial charge in [-0.1, -0.05) is 13.0 Å². The Hall–Kier alpha value is -0.890. The molecule has 70 valence electrons. The Balaban J connectivity index is 2.50. The van der Waals surface area contributed by atoms with E-state index in [9.17, 15) is 4.39 Å². The van der Waals surface area contributed by atoms with Crippen molar-refractivity contribution in [2.75, 3.05) is 6.54 Å². The zero-order valence-corrected chi connectivity index (χ0v) is 7.97. The van der Waals surface area contributed by atoms with Crippen molar-refractivity contribution in [1.82, 2.24) is 5.32 Å². The predicted molar refractivity (Wildman–Crippen MR) is 51.2 cm³/mol. The first-order valence-corrected chi connectivity index (χ1v) is 4.71. The second-order valence-electron chi connectivity index (χ2n) is 3.80. The van der Waals surface area contributed by atoms with Crippen LogP contribution in [0.1, 0.15) is 36.9 Å². The zero-order valence-electron chi connectivity index (χ0n) is 7.97. The second kappa shape index (κ2) is 3.11. The van der Waals surface area contributed by atoms with Crippen LogP contribution in [0.15, 0.2) is 18.2 Å². The Morgan fingerprint density at radius 1 is 1.31 bits per heavy atom. The minimum atomic E-state index is -0.125. The fourth-order valence-corrected chi connectivity index (χ4v) is 1.94. The molecule has 2 rings (SSSR count). The molecule has 2 atom stereocenters. The maximum atomic E-state index is 13.0. The van der Waals surface area contributed by atoms with Gasteiger partial charge >= 0.3 is 0 Å². The molecule has 0 fully saturated rings. The van der Waals surface area contributed by atoms with Crippen molar-refractivity contribution in [3.8, 4) is 0 Å². The van der Waals surface area contributed by atoms with E-state index in [-0.39, 0.29) is 5.82 Å². The third-order valence-corrected chi connectivity index (χ3v) is 2.78. The maximum Gasteiger partial charge on any atom is 0.123 e. The summed E-state index contributed by atoms with van der Waals surface area (Å²) < 4.78 is 13.0. The summed E-state index contributed by atoms with van der Waals surface area (Å²) in [7, 11) is 0. The minimum Gasteiger partial charge on any atom is -0.310 e. The fourth-order valence-electron chi connectivity index (χ4n) is 1.94. The van der Waals surface area contributed by atoms with E-state index in [4.69, 9.17) is 0 Å². The van der Waals surface area contributed by atoms with Crippen LogP contribution in [-0.4, -0.2) is 6.54 Å². The summed E-state index contributed by atoms with van der Waals surface area (Å²) >= 11 is 0. The van der Waals surface area contributed by atoms with Gasteiger partial charge in [-0.2, -0.15) is 0 Å². The van der Waals surface area contributed by atoms with Crippen LogP contribution in [-0.2, 0) is 0 Å². The molecule has 1 heterocycles. The molecule has 1 N–H and O–H groups in total. The normalized spacial score (nSPS) is 27.0. The number of halogens is 1. The lowest BCUT2D eigenvalue weighted by Gasteiger charge is -2.28. The van der Waals surface area contributed by atoms with E-state index in [1.807, 2.05) is 6.07 Å². The first kappa shape index (κ1) is 8.70. The van der Waals surface area contributed by atoms with E-state index in [2.05, 4.69) is 19.2 Å². The quantitative estimate of drug-likeness (QED) is 0.645. The van der Waals surface area contributed by atoms with Gasteiger partial charge in [0.1, 0.15) is 5.82 Å². The smallest absolute Gasteiger partial charge is 0.123 e. The summed E-state index contributed by atoms with van der Waals surface area (Å²) in [6, 6.07) is 5.44. The van der Waals surface area contributed by atoms with Crippen LogP contribution in [0.3, 0.4) is 0 Å². The molecule has 2 unspecified atom stereocenters. The Morgan fingerprint density at radius 2 is 2.08 bits per heavy atom. The van der Waals surface area contributed by atoms with Crippen molar-refractivity contribution >= 4 is 0 Å². The third kappa shape index (κ3) is 1.46. The standard InChI is InChI=1S/C11H14FN/c1-7-6-13-8(2)10-4-3-9(12)5-11(7)10/h3-5,7-8,13H,6H2,1-2H3. The van der Waals surface area contributed by atoms with Gasteiger partial charge in [-0.25, -0.2) is 4.39 Å². The van der Waals surface area contributed by atoms with Crippen LogP contribution in [0, 0.1) is 5.82 Å². The molecular weight excluding hydrogens is 165 g/mol. The van der Waals surface area contributed by atoms with Crippen molar-refractivity contribution in [1.29, 1.82) is 0 Å². The summed E-state index contributed by atoms with van der Waals surface area (Å²) in [4.78, 5) is 0. The van der Waals surface area contributed by atoms with E-state index >= 15 is 0 Å². The number of benzene rings is 1. The first-order valence-electron chi connectivity index (χ1n) is 4.71. The largest absolute Gasteiger partial charge is 0.310 e. The van der Waals surface area contributed by atoms with Gasteiger partial charge in [0.25, 0.3) is 0 Å². The SMILES string of the molecule is CC1CNC(C)c2ccc(F)cc21. The molecule has 1 nitrogen and oxygen atoms in total. The van der Waals surface area contributed by atoms with Crippen molar-refractivity contribution < 1.29 is 4.39 Å². The Bertz CT molecular complexity index is 322. The van der Waals surface area contributed by atoms with E-state index in [0.29, 0.717) is 12.0 Å². The molecular formula is C11H14FN.